The quantitative estimate of drug-likeness (QED) is 0.921. The van der Waals surface area contributed by atoms with E-state index in [0.29, 0.717) is 19.0 Å². The molecule has 1 atom stereocenters. The molecular weight excluding hydrogens is 282 g/mol. The van der Waals surface area contributed by atoms with Crippen molar-refractivity contribution < 1.29 is 14.1 Å². The van der Waals surface area contributed by atoms with Gasteiger partial charge in [-0.25, -0.2) is 0 Å². The van der Waals surface area contributed by atoms with Crippen molar-refractivity contribution in [1.29, 1.82) is 0 Å². The Morgan fingerprint density at radius 1 is 1.41 bits per heavy atom. The molecule has 0 fully saturated rings. The van der Waals surface area contributed by atoms with Crippen LogP contribution in [0.2, 0.25) is 0 Å². The molecule has 1 aliphatic rings. The fraction of sp³-hybridized carbons (Fsp3) is 0.438. The van der Waals surface area contributed by atoms with E-state index in [9.17, 15) is 4.79 Å². The summed E-state index contributed by atoms with van der Waals surface area (Å²) in [6.45, 7) is 6.94. The van der Waals surface area contributed by atoms with Gasteiger partial charge in [-0.3, -0.25) is 9.78 Å². The van der Waals surface area contributed by atoms with E-state index in [1.165, 1.54) is 0 Å². The van der Waals surface area contributed by atoms with Crippen molar-refractivity contribution in [1.82, 2.24) is 15.5 Å². The minimum absolute atomic E-state index is 0.187. The van der Waals surface area contributed by atoms with E-state index in [2.05, 4.69) is 15.5 Å². The van der Waals surface area contributed by atoms with Gasteiger partial charge in [0.1, 0.15) is 5.76 Å². The molecule has 0 spiro atoms. The van der Waals surface area contributed by atoms with Gasteiger partial charge in [0.05, 0.1) is 24.9 Å². The minimum atomic E-state index is -0.286. The maximum Gasteiger partial charge on any atom is 0.274 e. The molecule has 1 unspecified atom stereocenters. The van der Waals surface area contributed by atoms with Crippen molar-refractivity contribution in [3.05, 3.63) is 47.1 Å². The number of amides is 1. The van der Waals surface area contributed by atoms with Gasteiger partial charge in [-0.2, -0.15) is 0 Å². The zero-order valence-corrected chi connectivity index (χ0v) is 12.9. The van der Waals surface area contributed by atoms with Crippen LogP contribution in [0.4, 0.5) is 0 Å². The van der Waals surface area contributed by atoms with E-state index >= 15 is 0 Å². The maximum absolute atomic E-state index is 12.3. The predicted molar refractivity (Wildman–Crippen MR) is 79.3 cm³/mol. The average Bonchev–Trinajstić information content (AvgIpc) is 2.98. The Morgan fingerprint density at radius 3 is 2.95 bits per heavy atom. The van der Waals surface area contributed by atoms with Crippen LogP contribution in [0, 0.1) is 0 Å². The number of pyridine rings is 1. The summed E-state index contributed by atoms with van der Waals surface area (Å²) in [5.74, 6) is 0.391. The Hall–Kier alpha value is -2.21. The number of aromatic nitrogens is 2. The number of hydrogen-bond acceptors (Lipinski definition) is 5. The second kappa shape index (κ2) is 5.53. The molecule has 2 aromatic rings. The first kappa shape index (κ1) is 14.7. The highest BCUT2D eigenvalue weighted by atomic mass is 16.5. The van der Waals surface area contributed by atoms with Crippen molar-refractivity contribution in [2.45, 2.75) is 38.8 Å². The minimum Gasteiger partial charge on any atom is -0.374 e. The third kappa shape index (κ3) is 2.87. The van der Waals surface area contributed by atoms with Gasteiger partial charge < -0.3 is 14.6 Å². The SMILES string of the molecule is CC(C)(C)c1cc(C(=O)NC2COCc3cccnc32)no1. The molecule has 1 amide bonds. The standard InChI is InChI=1S/C16H19N3O3/c1-16(2,3)13-7-11(19-22-13)15(20)18-12-9-21-8-10-5-4-6-17-14(10)12/h4-7,12H,8-9H2,1-3H3,(H,18,20). The molecule has 0 saturated heterocycles. The summed E-state index contributed by atoms with van der Waals surface area (Å²) in [5, 5.41) is 6.76. The summed E-state index contributed by atoms with van der Waals surface area (Å²) in [6.07, 6.45) is 1.72. The van der Waals surface area contributed by atoms with Gasteiger partial charge in [0.25, 0.3) is 5.91 Å². The Labute approximate surface area is 128 Å². The second-order valence-electron chi connectivity index (χ2n) is 6.42. The molecule has 22 heavy (non-hydrogen) atoms. The van der Waals surface area contributed by atoms with Crippen molar-refractivity contribution in [2.24, 2.45) is 0 Å². The van der Waals surface area contributed by atoms with Gasteiger partial charge in [0.2, 0.25) is 0 Å². The van der Waals surface area contributed by atoms with E-state index in [4.69, 9.17) is 9.26 Å². The molecule has 1 aliphatic heterocycles. The Morgan fingerprint density at radius 2 is 2.23 bits per heavy atom. The van der Waals surface area contributed by atoms with Gasteiger partial charge in [0.15, 0.2) is 5.69 Å². The zero-order valence-electron chi connectivity index (χ0n) is 12.9. The Bertz CT molecular complexity index is 688. The summed E-state index contributed by atoms with van der Waals surface area (Å²) in [5.41, 5.74) is 1.93. The van der Waals surface area contributed by atoms with Crippen LogP contribution < -0.4 is 5.32 Å². The lowest BCUT2D eigenvalue weighted by molar-refractivity contribution is 0.0689. The molecule has 0 radical (unpaired) electrons. The van der Waals surface area contributed by atoms with Crippen LogP contribution in [0.25, 0.3) is 0 Å². The summed E-state index contributed by atoms with van der Waals surface area (Å²) < 4.78 is 10.8. The van der Waals surface area contributed by atoms with Gasteiger partial charge >= 0.3 is 0 Å². The molecule has 0 saturated carbocycles. The van der Waals surface area contributed by atoms with Crippen LogP contribution in [0.1, 0.15) is 54.3 Å². The van der Waals surface area contributed by atoms with Crippen LogP contribution in [-0.2, 0) is 16.8 Å². The first-order valence-corrected chi connectivity index (χ1v) is 7.25. The van der Waals surface area contributed by atoms with Crippen molar-refractivity contribution in [3.8, 4) is 0 Å². The first-order chi connectivity index (χ1) is 10.4. The highest BCUT2D eigenvalue weighted by Gasteiger charge is 2.26. The highest BCUT2D eigenvalue weighted by molar-refractivity contribution is 5.92. The van der Waals surface area contributed by atoms with Gasteiger partial charge in [-0.05, 0) is 6.07 Å². The van der Waals surface area contributed by atoms with Crippen LogP contribution in [-0.4, -0.2) is 22.7 Å². The molecule has 2 aromatic heterocycles. The highest BCUT2D eigenvalue weighted by Crippen LogP contribution is 2.24. The van der Waals surface area contributed by atoms with Crippen molar-refractivity contribution in [2.75, 3.05) is 6.61 Å². The van der Waals surface area contributed by atoms with E-state index in [-0.39, 0.29) is 23.1 Å². The lowest BCUT2D eigenvalue weighted by Gasteiger charge is -2.24. The van der Waals surface area contributed by atoms with E-state index in [0.717, 1.165) is 11.3 Å². The van der Waals surface area contributed by atoms with Crippen LogP contribution >= 0.6 is 0 Å². The topological polar surface area (TPSA) is 77.2 Å². The molecular formula is C16H19N3O3. The van der Waals surface area contributed by atoms with Crippen molar-refractivity contribution >= 4 is 5.91 Å². The molecule has 116 valence electrons. The van der Waals surface area contributed by atoms with E-state index < -0.39 is 0 Å². The van der Waals surface area contributed by atoms with Crippen LogP contribution in [0.5, 0.6) is 0 Å². The lowest BCUT2D eigenvalue weighted by Crippen LogP contribution is -2.35. The molecule has 1 N–H and O–H groups in total. The molecule has 3 heterocycles. The summed E-state index contributed by atoms with van der Waals surface area (Å²) in [6, 6.07) is 5.22. The monoisotopic (exact) mass is 301 g/mol. The average molecular weight is 301 g/mol. The fourth-order valence-electron chi connectivity index (χ4n) is 2.33. The molecule has 0 aliphatic carbocycles. The molecule has 0 aromatic carbocycles. The smallest absolute Gasteiger partial charge is 0.274 e. The van der Waals surface area contributed by atoms with Gasteiger partial charge in [-0.1, -0.05) is 32.0 Å². The largest absolute Gasteiger partial charge is 0.374 e. The third-order valence-corrected chi connectivity index (χ3v) is 3.59. The number of carbonyl (C=O) groups excluding carboxylic acids is 1. The summed E-state index contributed by atoms with van der Waals surface area (Å²) in [7, 11) is 0. The third-order valence-electron chi connectivity index (χ3n) is 3.59. The normalized spacial score (nSPS) is 17.9. The predicted octanol–water partition coefficient (Wildman–Crippen LogP) is 2.37. The molecule has 0 bridgehead atoms. The van der Waals surface area contributed by atoms with E-state index in [1.54, 1.807) is 12.3 Å². The Balaban J connectivity index is 1.77. The van der Waals surface area contributed by atoms with Crippen LogP contribution in [0.15, 0.2) is 28.9 Å². The fourth-order valence-corrected chi connectivity index (χ4v) is 2.33. The molecule has 3 rings (SSSR count). The number of nitrogens with zero attached hydrogens (tertiary/aromatic N) is 2. The zero-order chi connectivity index (χ0) is 15.7. The number of nitrogens with one attached hydrogen (secondary N) is 1. The lowest BCUT2D eigenvalue weighted by atomic mass is 9.93. The molecule has 6 heteroatoms. The number of carbonyl (C=O) groups is 1. The summed E-state index contributed by atoms with van der Waals surface area (Å²) >= 11 is 0. The van der Waals surface area contributed by atoms with Crippen LogP contribution in [0.3, 0.4) is 0 Å². The number of rotatable bonds is 2. The number of ether oxygens (including phenoxy) is 1. The first-order valence-electron chi connectivity index (χ1n) is 7.25. The van der Waals surface area contributed by atoms with E-state index in [1.807, 2.05) is 32.9 Å². The van der Waals surface area contributed by atoms with Crippen molar-refractivity contribution in [3.63, 3.8) is 0 Å². The molecule has 6 nitrogen and oxygen atoms in total. The second-order valence-corrected chi connectivity index (χ2v) is 6.42. The maximum atomic E-state index is 12.3. The Kier molecular flexibility index (Phi) is 3.70. The summed E-state index contributed by atoms with van der Waals surface area (Å²) in [4.78, 5) is 16.7. The number of fused-ring (bicyclic) bond motifs is 1. The van der Waals surface area contributed by atoms with Gasteiger partial charge in [0, 0.05) is 23.2 Å². The van der Waals surface area contributed by atoms with Gasteiger partial charge in [-0.15, -0.1) is 0 Å². The number of hydrogen-bond donors (Lipinski definition) is 1.